The SMILES string of the molecule is CN1CCN(C2(CC(=O)O)CCN3CCCCC32)CC1. The van der Waals surface area contributed by atoms with E-state index in [9.17, 15) is 9.90 Å². The van der Waals surface area contributed by atoms with E-state index < -0.39 is 5.97 Å². The molecule has 5 heteroatoms. The fourth-order valence-electron chi connectivity index (χ4n) is 4.57. The van der Waals surface area contributed by atoms with Gasteiger partial charge in [-0.1, -0.05) is 6.42 Å². The largest absolute Gasteiger partial charge is 0.481 e. The maximum absolute atomic E-state index is 11.5. The summed E-state index contributed by atoms with van der Waals surface area (Å²) in [5.41, 5.74) is -0.104. The second-order valence-electron chi connectivity index (χ2n) is 6.76. The van der Waals surface area contributed by atoms with E-state index in [4.69, 9.17) is 0 Å². The third kappa shape index (κ3) is 2.47. The molecule has 2 atom stereocenters. The van der Waals surface area contributed by atoms with Gasteiger partial charge in [0, 0.05) is 44.3 Å². The summed E-state index contributed by atoms with van der Waals surface area (Å²) in [5, 5.41) is 9.46. The molecule has 0 radical (unpaired) electrons. The second kappa shape index (κ2) is 5.62. The maximum Gasteiger partial charge on any atom is 0.305 e. The first kappa shape index (κ1) is 14.3. The fraction of sp³-hybridized carbons (Fsp3) is 0.933. The zero-order chi connectivity index (χ0) is 14.2. The first-order valence-electron chi connectivity index (χ1n) is 8.01. The second-order valence-corrected chi connectivity index (χ2v) is 6.76. The van der Waals surface area contributed by atoms with E-state index in [1.54, 1.807) is 0 Å². The van der Waals surface area contributed by atoms with Crippen LogP contribution < -0.4 is 0 Å². The van der Waals surface area contributed by atoms with Crippen molar-refractivity contribution in [2.45, 2.75) is 43.7 Å². The Morgan fingerprint density at radius 2 is 1.90 bits per heavy atom. The van der Waals surface area contributed by atoms with Crippen molar-refractivity contribution in [2.24, 2.45) is 0 Å². The van der Waals surface area contributed by atoms with E-state index in [0.717, 1.165) is 39.1 Å². The summed E-state index contributed by atoms with van der Waals surface area (Å²) in [5.74, 6) is -0.628. The molecule has 3 saturated heterocycles. The molecule has 0 aliphatic carbocycles. The number of carbonyl (C=O) groups is 1. The highest BCUT2D eigenvalue weighted by molar-refractivity contribution is 5.68. The van der Waals surface area contributed by atoms with E-state index in [-0.39, 0.29) is 5.54 Å². The zero-order valence-corrected chi connectivity index (χ0v) is 12.6. The summed E-state index contributed by atoms with van der Waals surface area (Å²) in [6.45, 7) is 6.43. The highest BCUT2D eigenvalue weighted by Gasteiger charge is 2.52. The number of piperidine rings is 1. The number of hydrogen-bond donors (Lipinski definition) is 1. The van der Waals surface area contributed by atoms with Gasteiger partial charge in [0.1, 0.15) is 0 Å². The zero-order valence-electron chi connectivity index (χ0n) is 12.6. The maximum atomic E-state index is 11.5. The number of nitrogens with zero attached hydrogens (tertiary/aromatic N) is 3. The van der Waals surface area contributed by atoms with Gasteiger partial charge in [-0.15, -0.1) is 0 Å². The van der Waals surface area contributed by atoms with Crippen molar-refractivity contribution >= 4 is 5.97 Å². The molecule has 0 bridgehead atoms. The van der Waals surface area contributed by atoms with Crippen molar-refractivity contribution < 1.29 is 9.90 Å². The summed E-state index contributed by atoms with van der Waals surface area (Å²) in [7, 11) is 2.16. The third-order valence-corrected chi connectivity index (χ3v) is 5.66. The Bertz CT molecular complexity index is 368. The van der Waals surface area contributed by atoms with Gasteiger partial charge in [0.15, 0.2) is 0 Å². The number of likely N-dealkylation sites (N-methyl/N-ethyl adjacent to an activating group) is 1. The van der Waals surface area contributed by atoms with Crippen LogP contribution in [0.25, 0.3) is 0 Å². The predicted molar refractivity (Wildman–Crippen MR) is 77.9 cm³/mol. The molecule has 5 nitrogen and oxygen atoms in total. The van der Waals surface area contributed by atoms with Gasteiger partial charge in [-0.25, -0.2) is 0 Å². The molecule has 1 N–H and O–H groups in total. The molecule has 0 aromatic carbocycles. The van der Waals surface area contributed by atoms with Crippen LogP contribution in [0.15, 0.2) is 0 Å². The van der Waals surface area contributed by atoms with Crippen LogP contribution in [0.5, 0.6) is 0 Å². The van der Waals surface area contributed by atoms with Gasteiger partial charge in [0.05, 0.1) is 6.42 Å². The van der Waals surface area contributed by atoms with E-state index in [0.29, 0.717) is 12.5 Å². The number of rotatable bonds is 3. The average Bonchev–Trinajstić information content (AvgIpc) is 2.79. The van der Waals surface area contributed by atoms with Crippen LogP contribution >= 0.6 is 0 Å². The lowest BCUT2D eigenvalue weighted by Gasteiger charge is -2.49. The fourth-order valence-corrected chi connectivity index (χ4v) is 4.57. The van der Waals surface area contributed by atoms with Crippen LogP contribution in [0, 0.1) is 0 Å². The minimum absolute atomic E-state index is 0.104. The van der Waals surface area contributed by atoms with Crippen LogP contribution in [0.4, 0.5) is 0 Å². The van der Waals surface area contributed by atoms with Gasteiger partial charge < -0.3 is 10.0 Å². The van der Waals surface area contributed by atoms with Crippen LogP contribution in [-0.4, -0.2) is 83.7 Å². The Labute approximate surface area is 121 Å². The van der Waals surface area contributed by atoms with Gasteiger partial charge in [0.25, 0.3) is 0 Å². The normalized spacial score (nSPS) is 37.0. The van der Waals surface area contributed by atoms with Crippen molar-refractivity contribution in [3.63, 3.8) is 0 Å². The third-order valence-electron chi connectivity index (χ3n) is 5.66. The summed E-state index contributed by atoms with van der Waals surface area (Å²) in [6.07, 6.45) is 5.07. The number of aliphatic carboxylic acids is 1. The molecule has 0 aromatic heterocycles. The van der Waals surface area contributed by atoms with E-state index in [1.165, 1.54) is 25.8 Å². The van der Waals surface area contributed by atoms with Crippen LogP contribution in [0.2, 0.25) is 0 Å². The quantitative estimate of drug-likeness (QED) is 0.825. The topological polar surface area (TPSA) is 47.0 Å². The molecule has 114 valence electrons. The Balaban J connectivity index is 1.82. The number of carboxylic acid groups (broad SMARTS) is 1. The summed E-state index contributed by atoms with van der Waals surface area (Å²) in [6, 6.07) is 0.468. The molecule has 2 unspecified atom stereocenters. The first-order chi connectivity index (χ1) is 9.62. The molecule has 0 spiro atoms. The van der Waals surface area contributed by atoms with Gasteiger partial charge in [0.2, 0.25) is 0 Å². The van der Waals surface area contributed by atoms with Gasteiger partial charge in [-0.3, -0.25) is 14.6 Å². The molecule has 3 aliphatic heterocycles. The Hall–Kier alpha value is -0.650. The van der Waals surface area contributed by atoms with Crippen LogP contribution in [-0.2, 0) is 4.79 Å². The van der Waals surface area contributed by atoms with E-state index in [2.05, 4.69) is 21.7 Å². The minimum Gasteiger partial charge on any atom is -0.481 e. The molecule has 0 saturated carbocycles. The monoisotopic (exact) mass is 281 g/mol. The predicted octanol–water partition coefficient (Wildman–Crippen LogP) is 0.706. The molecule has 3 fully saturated rings. The number of piperazine rings is 1. The lowest BCUT2D eigenvalue weighted by molar-refractivity contribution is -0.142. The molecule has 3 aliphatic rings. The molecule has 3 heterocycles. The number of fused-ring (bicyclic) bond motifs is 1. The van der Waals surface area contributed by atoms with Crippen molar-refractivity contribution in [3.8, 4) is 0 Å². The molecule has 3 rings (SSSR count). The number of hydrogen-bond acceptors (Lipinski definition) is 4. The first-order valence-corrected chi connectivity index (χ1v) is 8.01. The Kier molecular flexibility index (Phi) is 4.02. The van der Waals surface area contributed by atoms with Crippen molar-refractivity contribution in [2.75, 3.05) is 46.3 Å². The lowest BCUT2D eigenvalue weighted by atomic mass is 9.80. The smallest absolute Gasteiger partial charge is 0.305 e. The van der Waals surface area contributed by atoms with Crippen molar-refractivity contribution in [1.82, 2.24) is 14.7 Å². The minimum atomic E-state index is -0.628. The highest BCUT2D eigenvalue weighted by Crippen LogP contribution is 2.42. The van der Waals surface area contributed by atoms with Gasteiger partial charge in [-0.2, -0.15) is 0 Å². The van der Waals surface area contributed by atoms with E-state index in [1.807, 2.05) is 0 Å². The van der Waals surface area contributed by atoms with Crippen LogP contribution in [0.3, 0.4) is 0 Å². The molecule has 20 heavy (non-hydrogen) atoms. The molecule has 0 aromatic rings. The summed E-state index contributed by atoms with van der Waals surface area (Å²) in [4.78, 5) is 18.9. The molecule has 0 amide bonds. The van der Waals surface area contributed by atoms with E-state index >= 15 is 0 Å². The van der Waals surface area contributed by atoms with Gasteiger partial charge >= 0.3 is 5.97 Å². The summed E-state index contributed by atoms with van der Waals surface area (Å²) < 4.78 is 0. The van der Waals surface area contributed by atoms with Crippen LogP contribution in [0.1, 0.15) is 32.1 Å². The Morgan fingerprint density at radius 1 is 1.15 bits per heavy atom. The lowest BCUT2D eigenvalue weighted by Crippen LogP contribution is -2.62. The standard InChI is InChI=1S/C15H27N3O2/c1-16-8-10-18(11-9-16)15(12-14(19)20)5-7-17-6-3-2-4-13(15)17/h13H,2-12H2,1H3,(H,19,20). The average molecular weight is 281 g/mol. The molecular weight excluding hydrogens is 254 g/mol. The van der Waals surface area contributed by atoms with Crippen molar-refractivity contribution in [3.05, 3.63) is 0 Å². The highest BCUT2D eigenvalue weighted by atomic mass is 16.4. The Morgan fingerprint density at radius 3 is 2.60 bits per heavy atom. The number of carboxylic acids is 1. The van der Waals surface area contributed by atoms with Crippen molar-refractivity contribution in [1.29, 1.82) is 0 Å². The molecular formula is C15H27N3O2. The summed E-state index contributed by atoms with van der Waals surface area (Å²) >= 11 is 0. The van der Waals surface area contributed by atoms with Gasteiger partial charge in [-0.05, 0) is 32.9 Å².